The molecule has 1 aromatic heterocycles. The van der Waals surface area contributed by atoms with Gasteiger partial charge in [-0.05, 0) is 55.9 Å². The molecule has 1 aliphatic carbocycles. The quantitative estimate of drug-likeness (QED) is 0.887. The second kappa shape index (κ2) is 6.17. The van der Waals surface area contributed by atoms with Crippen LogP contribution in [-0.2, 0) is 22.4 Å². The van der Waals surface area contributed by atoms with Crippen molar-refractivity contribution < 1.29 is 9.53 Å². The summed E-state index contributed by atoms with van der Waals surface area (Å²) in [5.74, 6) is 0.308. The first-order valence-electron chi connectivity index (χ1n) is 8.38. The molecule has 2 aromatic rings. The third-order valence-electron chi connectivity index (χ3n) is 5.09. The fraction of sp³-hybridized carbons (Fsp3) is 0.500. The van der Waals surface area contributed by atoms with Gasteiger partial charge in [0.1, 0.15) is 0 Å². The molecule has 2 N–H and O–H groups in total. The van der Waals surface area contributed by atoms with Crippen molar-refractivity contribution in [1.82, 2.24) is 10.3 Å². The summed E-state index contributed by atoms with van der Waals surface area (Å²) in [7, 11) is 0. The Morgan fingerprint density at radius 2 is 2.09 bits per heavy atom. The van der Waals surface area contributed by atoms with Gasteiger partial charge >= 0.3 is 0 Å². The van der Waals surface area contributed by atoms with Crippen molar-refractivity contribution in [1.29, 1.82) is 0 Å². The van der Waals surface area contributed by atoms with E-state index < -0.39 is 0 Å². The highest BCUT2D eigenvalue weighted by atomic mass is 35.5. The van der Waals surface area contributed by atoms with Crippen LogP contribution in [0.1, 0.15) is 30.5 Å². The number of hydrogen-bond donors (Lipinski definition) is 2. The number of rotatable bonds is 2. The van der Waals surface area contributed by atoms with E-state index in [4.69, 9.17) is 16.3 Å². The minimum Gasteiger partial charge on any atom is -0.381 e. The molecule has 0 bridgehead atoms. The van der Waals surface area contributed by atoms with Crippen molar-refractivity contribution in [3.63, 3.8) is 0 Å². The highest BCUT2D eigenvalue weighted by Gasteiger charge is 2.27. The van der Waals surface area contributed by atoms with Crippen molar-refractivity contribution in [3.05, 3.63) is 34.5 Å². The van der Waals surface area contributed by atoms with Crippen LogP contribution in [0.25, 0.3) is 10.9 Å². The molecule has 122 valence electrons. The highest BCUT2D eigenvalue weighted by Crippen LogP contribution is 2.31. The largest absolute Gasteiger partial charge is 0.381 e. The molecule has 0 saturated carbocycles. The number of benzene rings is 1. The summed E-state index contributed by atoms with van der Waals surface area (Å²) < 4.78 is 5.34. The molecule has 1 fully saturated rings. The van der Waals surface area contributed by atoms with E-state index in [2.05, 4.69) is 10.3 Å². The molecule has 2 aliphatic rings. The number of ether oxygens (including phenoxy) is 1. The van der Waals surface area contributed by atoms with Crippen molar-refractivity contribution in [2.75, 3.05) is 13.2 Å². The van der Waals surface area contributed by atoms with Crippen LogP contribution in [0.15, 0.2) is 18.2 Å². The van der Waals surface area contributed by atoms with Gasteiger partial charge in [0.2, 0.25) is 5.91 Å². The van der Waals surface area contributed by atoms with Gasteiger partial charge in [0.15, 0.2) is 0 Å². The Bertz CT molecular complexity index is 734. The van der Waals surface area contributed by atoms with Crippen LogP contribution < -0.4 is 5.32 Å². The molecule has 1 aliphatic heterocycles. The molecule has 1 aromatic carbocycles. The molecule has 1 amide bonds. The van der Waals surface area contributed by atoms with Gasteiger partial charge in [0.25, 0.3) is 0 Å². The number of H-pyrrole nitrogens is 1. The zero-order chi connectivity index (χ0) is 15.8. The molecule has 1 unspecified atom stereocenters. The first-order chi connectivity index (χ1) is 11.2. The predicted molar refractivity (Wildman–Crippen MR) is 90.8 cm³/mol. The second-order valence-electron chi connectivity index (χ2n) is 6.61. The van der Waals surface area contributed by atoms with E-state index in [1.165, 1.54) is 16.6 Å². The Kier molecular flexibility index (Phi) is 4.04. The van der Waals surface area contributed by atoms with E-state index in [1.807, 2.05) is 18.2 Å². The number of aryl methyl sites for hydroxylation is 1. The zero-order valence-corrected chi connectivity index (χ0v) is 13.8. The van der Waals surface area contributed by atoms with E-state index in [-0.39, 0.29) is 17.9 Å². The molecule has 5 heteroatoms. The van der Waals surface area contributed by atoms with Crippen LogP contribution in [0.2, 0.25) is 5.02 Å². The lowest BCUT2D eigenvalue weighted by molar-refractivity contribution is -0.128. The van der Waals surface area contributed by atoms with Crippen molar-refractivity contribution in [2.24, 2.45) is 5.92 Å². The monoisotopic (exact) mass is 332 g/mol. The minimum atomic E-state index is 0.113. The van der Waals surface area contributed by atoms with Gasteiger partial charge in [-0.15, -0.1) is 0 Å². The van der Waals surface area contributed by atoms with Gasteiger partial charge in [-0.25, -0.2) is 0 Å². The van der Waals surface area contributed by atoms with Crippen LogP contribution in [0, 0.1) is 5.92 Å². The van der Waals surface area contributed by atoms with Crippen LogP contribution >= 0.6 is 11.6 Å². The number of fused-ring (bicyclic) bond motifs is 3. The number of aromatic nitrogens is 1. The molecule has 4 rings (SSSR count). The lowest BCUT2D eigenvalue weighted by Crippen LogP contribution is -2.43. The number of halogens is 1. The Morgan fingerprint density at radius 3 is 2.91 bits per heavy atom. The Balaban J connectivity index is 1.50. The second-order valence-corrected chi connectivity index (χ2v) is 7.04. The maximum Gasteiger partial charge on any atom is 0.223 e. The summed E-state index contributed by atoms with van der Waals surface area (Å²) in [6.45, 7) is 1.40. The first-order valence-corrected chi connectivity index (χ1v) is 8.75. The van der Waals surface area contributed by atoms with Gasteiger partial charge < -0.3 is 15.0 Å². The highest BCUT2D eigenvalue weighted by molar-refractivity contribution is 6.31. The van der Waals surface area contributed by atoms with E-state index in [0.717, 1.165) is 42.6 Å². The summed E-state index contributed by atoms with van der Waals surface area (Å²) in [6.07, 6.45) is 4.52. The molecular weight excluding hydrogens is 312 g/mol. The fourth-order valence-electron chi connectivity index (χ4n) is 3.79. The summed E-state index contributed by atoms with van der Waals surface area (Å²) in [5.41, 5.74) is 3.74. The third-order valence-corrected chi connectivity index (χ3v) is 5.32. The Labute approximate surface area is 140 Å². The number of hydrogen-bond acceptors (Lipinski definition) is 2. The number of aromatic amines is 1. The molecule has 0 radical (unpaired) electrons. The van der Waals surface area contributed by atoms with E-state index in [0.29, 0.717) is 13.2 Å². The van der Waals surface area contributed by atoms with E-state index in [1.54, 1.807) is 0 Å². The van der Waals surface area contributed by atoms with Crippen molar-refractivity contribution in [2.45, 2.75) is 38.1 Å². The van der Waals surface area contributed by atoms with Gasteiger partial charge in [-0.1, -0.05) is 11.6 Å². The third kappa shape index (κ3) is 2.98. The van der Waals surface area contributed by atoms with E-state index >= 15 is 0 Å². The van der Waals surface area contributed by atoms with Gasteiger partial charge in [0.05, 0.1) is 0 Å². The number of carbonyl (C=O) groups is 1. The molecular formula is C18H21ClN2O2. The minimum absolute atomic E-state index is 0.113. The molecule has 23 heavy (non-hydrogen) atoms. The fourth-order valence-corrected chi connectivity index (χ4v) is 3.96. The molecule has 4 nitrogen and oxygen atoms in total. The van der Waals surface area contributed by atoms with Crippen molar-refractivity contribution in [3.8, 4) is 0 Å². The normalized spacial score (nSPS) is 22.0. The standard InChI is InChI=1S/C18H21ClN2O2/c19-12-1-3-16-14(9-12)15-10-13(2-4-17(15)21-16)20-18(22)11-5-7-23-8-6-11/h1,3,9,11,13,21H,2,4-8,10H2,(H,20,22). The van der Waals surface area contributed by atoms with Crippen LogP contribution in [0.4, 0.5) is 0 Å². The van der Waals surface area contributed by atoms with Crippen molar-refractivity contribution >= 4 is 28.4 Å². The summed E-state index contributed by atoms with van der Waals surface area (Å²) in [4.78, 5) is 15.9. The first kappa shape index (κ1) is 15.0. The van der Waals surface area contributed by atoms with Gasteiger partial charge in [-0.2, -0.15) is 0 Å². The maximum atomic E-state index is 12.4. The smallest absolute Gasteiger partial charge is 0.223 e. The zero-order valence-electron chi connectivity index (χ0n) is 13.0. The number of nitrogens with one attached hydrogen (secondary N) is 2. The molecule has 1 atom stereocenters. The SMILES string of the molecule is O=C(NC1CCc2[nH]c3ccc(Cl)cc3c2C1)C1CCOCC1. The van der Waals surface area contributed by atoms with Gasteiger partial charge in [-0.3, -0.25) is 4.79 Å². The molecule has 1 saturated heterocycles. The Morgan fingerprint density at radius 1 is 1.26 bits per heavy atom. The summed E-state index contributed by atoms with van der Waals surface area (Å²) in [5, 5.41) is 5.21. The van der Waals surface area contributed by atoms with Crippen LogP contribution in [0.5, 0.6) is 0 Å². The summed E-state index contributed by atoms with van der Waals surface area (Å²) >= 11 is 6.14. The number of amides is 1. The lowest BCUT2D eigenvalue weighted by atomic mass is 9.90. The lowest BCUT2D eigenvalue weighted by Gasteiger charge is -2.27. The summed E-state index contributed by atoms with van der Waals surface area (Å²) in [6, 6.07) is 6.19. The van der Waals surface area contributed by atoms with Crippen LogP contribution in [0.3, 0.4) is 0 Å². The average Bonchev–Trinajstić information content (AvgIpc) is 2.93. The average molecular weight is 333 g/mol. The molecule has 2 heterocycles. The van der Waals surface area contributed by atoms with Crippen LogP contribution in [-0.4, -0.2) is 30.1 Å². The predicted octanol–water partition coefficient (Wildman–Crippen LogP) is 3.22. The van der Waals surface area contributed by atoms with E-state index in [9.17, 15) is 4.79 Å². The Hall–Kier alpha value is -1.52. The number of carbonyl (C=O) groups excluding carboxylic acids is 1. The maximum absolute atomic E-state index is 12.4. The topological polar surface area (TPSA) is 54.1 Å². The molecule has 0 spiro atoms. The van der Waals surface area contributed by atoms with Gasteiger partial charge in [0, 0.05) is 46.8 Å².